The average molecular weight is 236 g/mol. The molecule has 0 saturated carbocycles. The highest BCUT2D eigenvalue weighted by atomic mass is 16.2. The number of carbonyl (C=O) groups excluding carboxylic acids is 1. The number of rotatable bonds is 6. The summed E-state index contributed by atoms with van der Waals surface area (Å²) in [5.74, 6) is 0.344. The highest BCUT2D eigenvalue weighted by Crippen LogP contribution is 1.98. The van der Waals surface area contributed by atoms with E-state index >= 15 is 0 Å². The number of likely N-dealkylation sites (N-methyl/N-ethyl adjacent to an activating group) is 1. The summed E-state index contributed by atoms with van der Waals surface area (Å²) in [5, 5.41) is 7.01. The van der Waals surface area contributed by atoms with Crippen molar-refractivity contribution >= 4 is 6.03 Å². The van der Waals surface area contributed by atoms with Crippen molar-refractivity contribution in [2.75, 3.05) is 20.1 Å². The van der Waals surface area contributed by atoms with Gasteiger partial charge in [-0.05, 0) is 12.0 Å². The fourth-order valence-electron chi connectivity index (χ4n) is 1.47. The molecule has 1 aromatic rings. The van der Waals surface area contributed by atoms with Gasteiger partial charge in [0.05, 0.1) is 0 Å². The molecule has 0 spiro atoms. The third-order valence-electron chi connectivity index (χ3n) is 2.41. The van der Waals surface area contributed by atoms with Crippen molar-refractivity contribution < 1.29 is 4.79 Å². The van der Waals surface area contributed by atoms with Crippen LogP contribution in [0, 0.1) is 5.92 Å². The van der Waals surface area contributed by atoms with E-state index in [0.717, 1.165) is 6.54 Å². The van der Waals surface area contributed by atoms with Gasteiger partial charge in [-0.1, -0.05) is 13.0 Å². The average Bonchev–Trinajstić information content (AvgIpc) is 2.79. The number of hydrogen-bond acceptors (Lipinski definition) is 2. The highest BCUT2D eigenvalue weighted by Gasteiger charge is 2.09. The van der Waals surface area contributed by atoms with Crippen molar-refractivity contribution in [2.24, 2.45) is 5.92 Å². The molecule has 0 bridgehead atoms. The minimum absolute atomic E-state index is 0.0720. The number of amides is 2. The molecule has 0 aliphatic carbocycles. The van der Waals surface area contributed by atoms with E-state index in [4.69, 9.17) is 0 Å². The minimum atomic E-state index is -0.0720. The summed E-state index contributed by atoms with van der Waals surface area (Å²) in [5.41, 5.74) is 0. The normalized spacial score (nSPS) is 11.9. The molecular formula is C12H20N4O. The molecule has 1 rings (SSSR count). The van der Waals surface area contributed by atoms with Crippen LogP contribution in [0.4, 0.5) is 4.79 Å². The lowest BCUT2D eigenvalue weighted by atomic mass is 10.2. The molecule has 1 aromatic heterocycles. The molecule has 94 valence electrons. The summed E-state index contributed by atoms with van der Waals surface area (Å²) >= 11 is 0. The van der Waals surface area contributed by atoms with Crippen molar-refractivity contribution in [1.29, 1.82) is 0 Å². The standard InChI is InChI=1S/C12H20N4O/c1-4-7-15(3)12(17)13-9-11(2)10-16-8-5-6-14-16/h4-6,8,11H,1,7,9-10H2,2-3H3,(H,13,17). The predicted molar refractivity (Wildman–Crippen MR) is 67.6 cm³/mol. The molecule has 0 saturated heterocycles. The van der Waals surface area contributed by atoms with Gasteiger partial charge in [0.1, 0.15) is 0 Å². The maximum absolute atomic E-state index is 11.6. The van der Waals surface area contributed by atoms with E-state index in [0.29, 0.717) is 19.0 Å². The van der Waals surface area contributed by atoms with Crippen LogP contribution < -0.4 is 5.32 Å². The molecule has 1 N–H and O–H groups in total. The van der Waals surface area contributed by atoms with Crippen molar-refractivity contribution in [1.82, 2.24) is 20.0 Å². The van der Waals surface area contributed by atoms with E-state index in [-0.39, 0.29) is 6.03 Å². The van der Waals surface area contributed by atoms with Crippen LogP contribution in [0.2, 0.25) is 0 Å². The van der Waals surface area contributed by atoms with Gasteiger partial charge in [-0.25, -0.2) is 4.79 Å². The van der Waals surface area contributed by atoms with Crippen molar-refractivity contribution in [3.63, 3.8) is 0 Å². The Morgan fingerprint density at radius 1 is 1.71 bits per heavy atom. The molecule has 2 amide bonds. The van der Waals surface area contributed by atoms with Gasteiger partial charge in [0.2, 0.25) is 0 Å². The van der Waals surface area contributed by atoms with Gasteiger partial charge in [-0.15, -0.1) is 6.58 Å². The van der Waals surface area contributed by atoms with Gasteiger partial charge < -0.3 is 10.2 Å². The Balaban J connectivity index is 2.25. The second-order valence-electron chi connectivity index (χ2n) is 4.19. The van der Waals surface area contributed by atoms with Crippen molar-refractivity contribution in [3.8, 4) is 0 Å². The predicted octanol–water partition coefficient (Wildman–Crippen LogP) is 1.35. The molecule has 5 heteroatoms. The highest BCUT2D eigenvalue weighted by molar-refractivity contribution is 5.73. The summed E-state index contributed by atoms with van der Waals surface area (Å²) < 4.78 is 1.87. The van der Waals surface area contributed by atoms with E-state index in [1.165, 1.54) is 0 Å². The maximum Gasteiger partial charge on any atom is 0.317 e. The smallest absolute Gasteiger partial charge is 0.317 e. The molecule has 1 heterocycles. The molecule has 1 unspecified atom stereocenters. The second kappa shape index (κ2) is 6.73. The van der Waals surface area contributed by atoms with Gasteiger partial charge in [-0.3, -0.25) is 4.68 Å². The molecule has 0 aliphatic rings. The number of urea groups is 1. The third-order valence-corrected chi connectivity index (χ3v) is 2.41. The molecule has 0 fully saturated rings. The quantitative estimate of drug-likeness (QED) is 0.758. The van der Waals surface area contributed by atoms with Crippen LogP contribution >= 0.6 is 0 Å². The van der Waals surface area contributed by atoms with E-state index in [1.807, 2.05) is 16.9 Å². The zero-order chi connectivity index (χ0) is 12.7. The first-order chi connectivity index (χ1) is 8.13. The number of aromatic nitrogens is 2. The lowest BCUT2D eigenvalue weighted by Gasteiger charge is -2.18. The number of carbonyl (C=O) groups is 1. The lowest BCUT2D eigenvalue weighted by molar-refractivity contribution is 0.210. The fourth-order valence-corrected chi connectivity index (χ4v) is 1.47. The minimum Gasteiger partial charge on any atom is -0.338 e. The first-order valence-corrected chi connectivity index (χ1v) is 5.70. The van der Waals surface area contributed by atoms with Gasteiger partial charge in [-0.2, -0.15) is 5.10 Å². The van der Waals surface area contributed by atoms with Crippen LogP contribution in [-0.2, 0) is 6.54 Å². The number of nitrogens with zero attached hydrogens (tertiary/aromatic N) is 3. The summed E-state index contributed by atoms with van der Waals surface area (Å²) in [6.07, 6.45) is 5.37. The first kappa shape index (κ1) is 13.3. The Morgan fingerprint density at radius 2 is 2.47 bits per heavy atom. The molecule has 17 heavy (non-hydrogen) atoms. The van der Waals surface area contributed by atoms with Gasteiger partial charge in [0, 0.05) is 39.1 Å². The fraction of sp³-hybridized carbons (Fsp3) is 0.500. The zero-order valence-corrected chi connectivity index (χ0v) is 10.5. The second-order valence-corrected chi connectivity index (χ2v) is 4.19. The van der Waals surface area contributed by atoms with E-state index in [2.05, 4.69) is 23.9 Å². The van der Waals surface area contributed by atoms with E-state index < -0.39 is 0 Å². The first-order valence-electron chi connectivity index (χ1n) is 5.70. The van der Waals surface area contributed by atoms with E-state index in [9.17, 15) is 4.79 Å². The molecule has 1 atom stereocenters. The van der Waals surface area contributed by atoms with Crippen LogP contribution in [0.5, 0.6) is 0 Å². The summed E-state index contributed by atoms with van der Waals surface area (Å²) in [7, 11) is 1.75. The Labute approximate surface area is 102 Å². The van der Waals surface area contributed by atoms with Crippen LogP contribution in [0.1, 0.15) is 6.92 Å². The van der Waals surface area contributed by atoms with Crippen molar-refractivity contribution in [2.45, 2.75) is 13.5 Å². The Kier molecular flexibility index (Phi) is 5.26. The largest absolute Gasteiger partial charge is 0.338 e. The summed E-state index contributed by atoms with van der Waals surface area (Å²) in [6, 6.07) is 1.82. The van der Waals surface area contributed by atoms with Gasteiger partial charge >= 0.3 is 6.03 Å². The van der Waals surface area contributed by atoms with Crippen LogP contribution in [0.25, 0.3) is 0 Å². The van der Waals surface area contributed by atoms with Gasteiger partial charge in [0.25, 0.3) is 0 Å². The van der Waals surface area contributed by atoms with Crippen molar-refractivity contribution in [3.05, 3.63) is 31.1 Å². The molecule has 0 aromatic carbocycles. The molecular weight excluding hydrogens is 216 g/mol. The third kappa shape index (κ3) is 4.72. The Bertz CT molecular complexity index is 347. The van der Waals surface area contributed by atoms with E-state index in [1.54, 1.807) is 24.2 Å². The van der Waals surface area contributed by atoms with Crippen LogP contribution in [0.15, 0.2) is 31.1 Å². The topological polar surface area (TPSA) is 50.2 Å². The Morgan fingerprint density at radius 3 is 3.06 bits per heavy atom. The van der Waals surface area contributed by atoms with Crippen LogP contribution in [0.3, 0.4) is 0 Å². The summed E-state index contributed by atoms with van der Waals surface area (Å²) in [6.45, 7) is 7.67. The SMILES string of the molecule is C=CCN(C)C(=O)NCC(C)Cn1cccn1. The zero-order valence-electron chi connectivity index (χ0n) is 10.5. The molecule has 0 aliphatic heterocycles. The lowest BCUT2D eigenvalue weighted by Crippen LogP contribution is -2.39. The van der Waals surface area contributed by atoms with Crippen LogP contribution in [-0.4, -0.2) is 40.8 Å². The molecule has 0 radical (unpaired) electrons. The molecule has 5 nitrogen and oxygen atoms in total. The monoisotopic (exact) mass is 236 g/mol. The van der Waals surface area contributed by atoms with Gasteiger partial charge in [0.15, 0.2) is 0 Å². The maximum atomic E-state index is 11.6. The summed E-state index contributed by atoms with van der Waals surface area (Å²) in [4.78, 5) is 13.2. The Hall–Kier alpha value is -1.78. The number of nitrogens with one attached hydrogen (secondary N) is 1. The number of hydrogen-bond donors (Lipinski definition) is 1.